The van der Waals surface area contributed by atoms with Crippen molar-refractivity contribution in [1.82, 2.24) is 0 Å². The van der Waals surface area contributed by atoms with Crippen LogP contribution in [0.5, 0.6) is 0 Å². The van der Waals surface area contributed by atoms with Crippen molar-refractivity contribution in [2.24, 2.45) is 16.8 Å². The molecule has 0 spiro atoms. The van der Waals surface area contributed by atoms with Crippen LogP contribution in [0.2, 0.25) is 0 Å². The van der Waals surface area contributed by atoms with Gasteiger partial charge in [-0.05, 0) is 23.8 Å². The highest BCUT2D eigenvalue weighted by Gasteiger charge is 2.34. The van der Waals surface area contributed by atoms with Gasteiger partial charge in [-0.2, -0.15) is 0 Å². The van der Waals surface area contributed by atoms with Crippen LogP contribution in [0.3, 0.4) is 0 Å². The van der Waals surface area contributed by atoms with E-state index in [2.05, 4.69) is 10.3 Å². The zero-order valence-corrected chi connectivity index (χ0v) is 12.1. The van der Waals surface area contributed by atoms with Crippen molar-refractivity contribution >= 4 is 28.4 Å². The summed E-state index contributed by atoms with van der Waals surface area (Å²) in [5.74, 6) is -1.17. The van der Waals surface area contributed by atoms with Crippen LogP contribution in [-0.4, -0.2) is 23.2 Å². The number of hydrogen-bond donors (Lipinski definition) is 1. The minimum absolute atomic E-state index is 0.00338. The summed E-state index contributed by atoms with van der Waals surface area (Å²) in [7, 11) is 0. The molecule has 1 aliphatic rings. The SMILES string of the molecule is CCSC1=NCC(C)C1C(=O)Nc1ccc(F)cc1F. The molecule has 2 unspecified atom stereocenters. The van der Waals surface area contributed by atoms with Crippen LogP contribution in [-0.2, 0) is 4.79 Å². The first-order valence-electron chi connectivity index (χ1n) is 6.46. The fourth-order valence-electron chi connectivity index (χ4n) is 2.14. The molecule has 0 aromatic heterocycles. The Hall–Kier alpha value is -1.43. The Bertz CT molecular complexity index is 548. The third-order valence-electron chi connectivity index (χ3n) is 3.13. The molecule has 20 heavy (non-hydrogen) atoms. The van der Waals surface area contributed by atoms with E-state index in [4.69, 9.17) is 0 Å². The van der Waals surface area contributed by atoms with Gasteiger partial charge >= 0.3 is 0 Å². The van der Waals surface area contributed by atoms with Gasteiger partial charge in [-0.15, -0.1) is 11.8 Å². The van der Waals surface area contributed by atoms with Crippen molar-refractivity contribution in [1.29, 1.82) is 0 Å². The maximum atomic E-state index is 13.5. The molecule has 3 nitrogen and oxygen atoms in total. The predicted molar refractivity (Wildman–Crippen MR) is 78.1 cm³/mol. The first kappa shape index (κ1) is 15.0. The van der Waals surface area contributed by atoms with Gasteiger partial charge in [0.25, 0.3) is 0 Å². The number of thioether (sulfide) groups is 1. The molecule has 2 atom stereocenters. The fraction of sp³-hybridized carbons (Fsp3) is 0.429. The number of amides is 1. The quantitative estimate of drug-likeness (QED) is 0.930. The van der Waals surface area contributed by atoms with Gasteiger partial charge in [0.15, 0.2) is 0 Å². The molecule has 0 bridgehead atoms. The number of nitrogens with one attached hydrogen (secondary N) is 1. The van der Waals surface area contributed by atoms with E-state index < -0.39 is 11.6 Å². The molecule has 108 valence electrons. The number of anilines is 1. The number of rotatable bonds is 3. The molecule has 2 rings (SSSR count). The third-order valence-corrected chi connectivity index (χ3v) is 4.10. The first-order chi connectivity index (χ1) is 9.52. The second-order valence-electron chi connectivity index (χ2n) is 4.68. The summed E-state index contributed by atoms with van der Waals surface area (Å²) >= 11 is 1.53. The van der Waals surface area contributed by atoms with Crippen LogP contribution in [0.4, 0.5) is 14.5 Å². The normalized spacial score (nSPS) is 21.7. The minimum atomic E-state index is -0.773. The number of carbonyl (C=O) groups is 1. The van der Waals surface area contributed by atoms with E-state index in [0.29, 0.717) is 6.54 Å². The predicted octanol–water partition coefficient (Wildman–Crippen LogP) is 3.32. The number of nitrogens with zero attached hydrogens (tertiary/aromatic N) is 1. The van der Waals surface area contributed by atoms with Gasteiger partial charge in [-0.3, -0.25) is 9.79 Å². The van der Waals surface area contributed by atoms with E-state index in [1.54, 1.807) is 0 Å². The van der Waals surface area contributed by atoms with Gasteiger partial charge in [0.2, 0.25) is 5.91 Å². The van der Waals surface area contributed by atoms with Crippen LogP contribution in [0.1, 0.15) is 13.8 Å². The summed E-state index contributed by atoms with van der Waals surface area (Å²) in [6, 6.07) is 3.10. The lowest BCUT2D eigenvalue weighted by Crippen LogP contribution is -2.31. The average molecular weight is 298 g/mol. The third kappa shape index (κ3) is 3.17. The van der Waals surface area contributed by atoms with Crippen molar-refractivity contribution < 1.29 is 13.6 Å². The molecule has 0 radical (unpaired) electrons. The first-order valence-corrected chi connectivity index (χ1v) is 7.44. The van der Waals surface area contributed by atoms with Gasteiger partial charge < -0.3 is 5.32 Å². The molecule has 1 aromatic carbocycles. The molecule has 6 heteroatoms. The Labute approximate surface area is 120 Å². The molecule has 1 N–H and O–H groups in total. The van der Waals surface area contributed by atoms with Crippen molar-refractivity contribution in [3.63, 3.8) is 0 Å². The molecular weight excluding hydrogens is 282 g/mol. The zero-order valence-electron chi connectivity index (χ0n) is 11.3. The van der Waals surface area contributed by atoms with E-state index in [-0.39, 0.29) is 23.4 Å². The molecule has 1 heterocycles. The van der Waals surface area contributed by atoms with Crippen LogP contribution in [0, 0.1) is 23.5 Å². The van der Waals surface area contributed by atoms with Crippen molar-refractivity contribution in [2.75, 3.05) is 17.6 Å². The van der Waals surface area contributed by atoms with E-state index >= 15 is 0 Å². The zero-order chi connectivity index (χ0) is 14.7. The summed E-state index contributed by atoms with van der Waals surface area (Å²) < 4.78 is 26.4. The van der Waals surface area contributed by atoms with Gasteiger partial charge in [0.1, 0.15) is 11.6 Å². The van der Waals surface area contributed by atoms with E-state index in [9.17, 15) is 13.6 Å². The van der Waals surface area contributed by atoms with Gasteiger partial charge in [0, 0.05) is 12.6 Å². The van der Waals surface area contributed by atoms with E-state index in [1.807, 2.05) is 13.8 Å². The lowest BCUT2D eigenvalue weighted by atomic mass is 9.97. The van der Waals surface area contributed by atoms with Crippen molar-refractivity contribution in [3.8, 4) is 0 Å². The highest BCUT2D eigenvalue weighted by molar-refractivity contribution is 8.14. The molecule has 1 aromatic rings. The van der Waals surface area contributed by atoms with Crippen molar-refractivity contribution in [2.45, 2.75) is 13.8 Å². The molecule has 1 aliphatic heterocycles. The Balaban J connectivity index is 2.13. The van der Waals surface area contributed by atoms with E-state index in [0.717, 1.165) is 22.9 Å². The number of hydrogen-bond acceptors (Lipinski definition) is 3. The summed E-state index contributed by atoms with van der Waals surface area (Å²) in [5.41, 5.74) is -0.00338. The largest absolute Gasteiger partial charge is 0.323 e. The summed E-state index contributed by atoms with van der Waals surface area (Å²) in [6.45, 7) is 4.54. The Morgan fingerprint density at radius 3 is 2.90 bits per heavy atom. The highest BCUT2D eigenvalue weighted by atomic mass is 32.2. The maximum Gasteiger partial charge on any atom is 0.234 e. The Kier molecular flexibility index (Phi) is 4.75. The van der Waals surface area contributed by atoms with Crippen LogP contribution < -0.4 is 5.32 Å². The highest BCUT2D eigenvalue weighted by Crippen LogP contribution is 2.29. The van der Waals surface area contributed by atoms with Gasteiger partial charge in [-0.1, -0.05) is 13.8 Å². The molecule has 0 aliphatic carbocycles. The Morgan fingerprint density at radius 1 is 1.50 bits per heavy atom. The van der Waals surface area contributed by atoms with Crippen LogP contribution >= 0.6 is 11.8 Å². The van der Waals surface area contributed by atoms with E-state index in [1.165, 1.54) is 17.8 Å². The monoisotopic (exact) mass is 298 g/mol. The second kappa shape index (κ2) is 6.35. The van der Waals surface area contributed by atoms with Crippen LogP contribution in [0.25, 0.3) is 0 Å². The summed E-state index contributed by atoms with van der Waals surface area (Å²) in [5, 5.41) is 3.32. The average Bonchev–Trinajstić information content (AvgIpc) is 2.74. The van der Waals surface area contributed by atoms with Gasteiger partial charge in [0.05, 0.1) is 16.6 Å². The maximum absolute atomic E-state index is 13.5. The minimum Gasteiger partial charge on any atom is -0.323 e. The smallest absolute Gasteiger partial charge is 0.234 e. The Morgan fingerprint density at radius 2 is 2.25 bits per heavy atom. The number of halogens is 2. The molecule has 0 saturated carbocycles. The number of benzene rings is 1. The number of aliphatic imine (C=N–C) groups is 1. The van der Waals surface area contributed by atoms with Crippen molar-refractivity contribution in [3.05, 3.63) is 29.8 Å². The second-order valence-corrected chi connectivity index (χ2v) is 5.96. The summed E-state index contributed by atoms with van der Waals surface area (Å²) in [4.78, 5) is 16.6. The van der Waals surface area contributed by atoms with Crippen LogP contribution in [0.15, 0.2) is 23.2 Å². The standard InChI is InChI=1S/C14H16F2N2OS/c1-3-20-14-12(8(2)7-17-14)13(19)18-11-5-4-9(15)6-10(11)16/h4-6,8,12H,3,7H2,1-2H3,(H,18,19). The topological polar surface area (TPSA) is 41.5 Å². The lowest BCUT2D eigenvalue weighted by molar-refractivity contribution is -0.118. The lowest BCUT2D eigenvalue weighted by Gasteiger charge is -2.17. The molecule has 0 saturated heterocycles. The summed E-state index contributed by atoms with van der Waals surface area (Å²) in [6.07, 6.45) is 0. The van der Waals surface area contributed by atoms with Gasteiger partial charge in [-0.25, -0.2) is 8.78 Å². The number of carbonyl (C=O) groups excluding carboxylic acids is 1. The fourth-order valence-corrected chi connectivity index (χ4v) is 3.12. The molecule has 1 amide bonds. The molecule has 0 fully saturated rings. The molecular formula is C14H16F2N2OS.